The van der Waals surface area contributed by atoms with Crippen LogP contribution in [-0.4, -0.2) is 11.7 Å². The molecule has 1 amide bonds. The highest BCUT2D eigenvalue weighted by molar-refractivity contribution is 6.17. The van der Waals surface area contributed by atoms with E-state index in [2.05, 4.69) is 5.32 Å². The molecule has 1 N–H and O–H groups in total. The van der Waals surface area contributed by atoms with Gasteiger partial charge in [-0.25, -0.2) is 0 Å². The van der Waals surface area contributed by atoms with Gasteiger partial charge >= 0.3 is 0 Å². The summed E-state index contributed by atoms with van der Waals surface area (Å²) < 4.78 is 5.89. The normalized spacial score (nSPS) is 10.3. The fourth-order valence-corrected chi connectivity index (χ4v) is 3.20. The predicted molar refractivity (Wildman–Crippen MR) is 121 cm³/mol. The summed E-state index contributed by atoms with van der Waals surface area (Å²) in [7, 11) is 0. The minimum atomic E-state index is -0.347. The van der Waals surface area contributed by atoms with Crippen LogP contribution in [0.4, 0.5) is 5.69 Å². The Morgan fingerprint density at radius 3 is 1.97 bits per heavy atom. The molecule has 0 aliphatic rings. The largest absolute Gasteiger partial charge is 0.489 e. The van der Waals surface area contributed by atoms with Crippen molar-refractivity contribution in [1.82, 2.24) is 0 Å². The number of para-hydroxylation sites is 1. The molecule has 0 aliphatic carbocycles. The van der Waals surface area contributed by atoms with E-state index in [0.29, 0.717) is 34.7 Å². The maximum Gasteiger partial charge on any atom is 0.256 e. The maximum atomic E-state index is 13.2. The molecule has 0 saturated carbocycles. The van der Waals surface area contributed by atoms with E-state index >= 15 is 0 Å². The zero-order chi connectivity index (χ0) is 21.5. The molecule has 152 valence electrons. The van der Waals surface area contributed by atoms with Gasteiger partial charge in [-0.15, -0.1) is 0 Å². The summed E-state index contributed by atoms with van der Waals surface area (Å²) in [6, 6.07) is 32.8. The number of ether oxygens (including phenoxy) is 1. The number of benzene rings is 4. The number of nitrogens with one attached hydrogen (secondary N) is 1. The minimum Gasteiger partial charge on any atom is -0.489 e. The Kier molecular flexibility index (Phi) is 6.19. The van der Waals surface area contributed by atoms with Crippen LogP contribution < -0.4 is 10.1 Å². The Morgan fingerprint density at radius 2 is 1.29 bits per heavy atom. The van der Waals surface area contributed by atoms with E-state index in [9.17, 15) is 9.59 Å². The molecular formula is C27H21NO3. The topological polar surface area (TPSA) is 55.4 Å². The quantitative estimate of drug-likeness (QED) is 0.397. The molecule has 4 nitrogen and oxygen atoms in total. The number of rotatable bonds is 7. The van der Waals surface area contributed by atoms with Crippen molar-refractivity contribution < 1.29 is 14.3 Å². The maximum absolute atomic E-state index is 13.2. The van der Waals surface area contributed by atoms with Crippen LogP contribution in [0.3, 0.4) is 0 Å². The van der Waals surface area contributed by atoms with Gasteiger partial charge in [0.25, 0.3) is 5.91 Å². The summed E-state index contributed by atoms with van der Waals surface area (Å²) in [6.07, 6.45) is 0. The Morgan fingerprint density at radius 1 is 0.677 bits per heavy atom. The van der Waals surface area contributed by atoms with Crippen molar-refractivity contribution in [3.8, 4) is 5.75 Å². The number of carbonyl (C=O) groups excluding carboxylic acids is 2. The van der Waals surface area contributed by atoms with Gasteiger partial charge < -0.3 is 10.1 Å². The number of hydrogen-bond donors (Lipinski definition) is 1. The summed E-state index contributed by atoms with van der Waals surface area (Å²) in [4.78, 5) is 26.2. The summed E-state index contributed by atoms with van der Waals surface area (Å²) >= 11 is 0. The molecule has 4 rings (SSSR count). The summed E-state index contributed by atoms with van der Waals surface area (Å²) in [5, 5.41) is 2.85. The molecule has 0 spiro atoms. The molecule has 31 heavy (non-hydrogen) atoms. The standard InChI is InChI=1S/C27H21NO3/c29-26(21-12-6-2-7-13-21)25-18-23(31-19-20-10-4-1-5-11-20)16-17-24(25)27(30)28-22-14-8-3-9-15-22/h1-18H,19H2,(H,28,30). The van der Waals surface area contributed by atoms with Crippen molar-refractivity contribution >= 4 is 17.4 Å². The molecule has 0 saturated heterocycles. The number of carbonyl (C=O) groups is 2. The highest BCUT2D eigenvalue weighted by Gasteiger charge is 2.20. The van der Waals surface area contributed by atoms with E-state index in [1.165, 1.54) is 0 Å². The first-order valence-electron chi connectivity index (χ1n) is 9.97. The first-order chi connectivity index (χ1) is 15.2. The highest BCUT2D eigenvalue weighted by atomic mass is 16.5. The zero-order valence-corrected chi connectivity index (χ0v) is 16.8. The first-order valence-corrected chi connectivity index (χ1v) is 9.97. The second-order valence-corrected chi connectivity index (χ2v) is 7.00. The van der Waals surface area contributed by atoms with E-state index in [-0.39, 0.29) is 11.7 Å². The van der Waals surface area contributed by atoms with Crippen LogP contribution in [0.5, 0.6) is 5.75 Å². The summed E-state index contributed by atoms with van der Waals surface area (Å²) in [6.45, 7) is 0.370. The van der Waals surface area contributed by atoms with Crippen LogP contribution in [0.15, 0.2) is 109 Å². The molecule has 0 heterocycles. The fourth-order valence-electron chi connectivity index (χ4n) is 3.20. The van der Waals surface area contributed by atoms with Crippen molar-refractivity contribution in [3.63, 3.8) is 0 Å². The summed E-state index contributed by atoms with van der Waals surface area (Å²) in [5.41, 5.74) is 2.78. The van der Waals surface area contributed by atoms with Gasteiger partial charge in [-0.3, -0.25) is 9.59 Å². The minimum absolute atomic E-state index is 0.232. The van der Waals surface area contributed by atoms with Gasteiger partial charge in [-0.2, -0.15) is 0 Å². The monoisotopic (exact) mass is 407 g/mol. The number of anilines is 1. The van der Waals surface area contributed by atoms with Gasteiger partial charge in [0.1, 0.15) is 12.4 Å². The summed E-state index contributed by atoms with van der Waals surface area (Å²) in [5.74, 6) is -0.0524. The lowest BCUT2D eigenvalue weighted by Gasteiger charge is -2.13. The second kappa shape index (κ2) is 9.55. The average molecular weight is 407 g/mol. The van der Waals surface area contributed by atoms with Gasteiger partial charge in [0.15, 0.2) is 5.78 Å². The van der Waals surface area contributed by atoms with Crippen molar-refractivity contribution in [2.75, 3.05) is 5.32 Å². The molecule has 0 aliphatic heterocycles. The smallest absolute Gasteiger partial charge is 0.256 e. The predicted octanol–water partition coefficient (Wildman–Crippen LogP) is 5.75. The van der Waals surface area contributed by atoms with Crippen molar-refractivity contribution in [3.05, 3.63) is 131 Å². The van der Waals surface area contributed by atoms with Crippen LogP contribution in [-0.2, 0) is 6.61 Å². The Labute approximate surface area is 181 Å². The number of hydrogen-bond acceptors (Lipinski definition) is 3. The number of ketones is 1. The molecule has 0 unspecified atom stereocenters. The van der Waals surface area contributed by atoms with Crippen molar-refractivity contribution in [2.24, 2.45) is 0 Å². The van der Waals surface area contributed by atoms with Crippen LogP contribution in [0.25, 0.3) is 0 Å². The van der Waals surface area contributed by atoms with E-state index in [1.54, 1.807) is 54.6 Å². The molecule has 0 radical (unpaired) electrons. The molecule has 4 aromatic carbocycles. The highest BCUT2D eigenvalue weighted by Crippen LogP contribution is 2.23. The van der Waals surface area contributed by atoms with Gasteiger partial charge in [0.05, 0.1) is 5.56 Å². The van der Waals surface area contributed by atoms with Crippen LogP contribution in [0.1, 0.15) is 31.8 Å². The molecule has 0 fully saturated rings. The average Bonchev–Trinajstić information content (AvgIpc) is 2.84. The van der Waals surface area contributed by atoms with Gasteiger partial charge in [0, 0.05) is 16.8 Å². The fraction of sp³-hybridized carbons (Fsp3) is 0.0370. The van der Waals surface area contributed by atoms with E-state index < -0.39 is 0 Å². The van der Waals surface area contributed by atoms with Crippen LogP contribution >= 0.6 is 0 Å². The lowest BCUT2D eigenvalue weighted by Crippen LogP contribution is -2.17. The van der Waals surface area contributed by atoms with Crippen molar-refractivity contribution in [1.29, 1.82) is 0 Å². The Bertz CT molecular complexity index is 1170. The first kappa shape index (κ1) is 20.1. The third kappa shape index (κ3) is 5.06. The number of amides is 1. The van der Waals surface area contributed by atoms with E-state index in [1.807, 2.05) is 54.6 Å². The van der Waals surface area contributed by atoms with E-state index in [0.717, 1.165) is 5.56 Å². The van der Waals surface area contributed by atoms with E-state index in [4.69, 9.17) is 4.74 Å². The third-order valence-corrected chi connectivity index (χ3v) is 4.80. The van der Waals surface area contributed by atoms with Gasteiger partial charge in [0.2, 0.25) is 0 Å². The van der Waals surface area contributed by atoms with Crippen molar-refractivity contribution in [2.45, 2.75) is 6.61 Å². The lowest BCUT2D eigenvalue weighted by molar-refractivity contribution is 0.0996. The molecule has 0 atom stereocenters. The molecule has 0 aromatic heterocycles. The zero-order valence-electron chi connectivity index (χ0n) is 16.8. The second-order valence-electron chi connectivity index (χ2n) is 7.00. The molecule has 4 heteroatoms. The SMILES string of the molecule is O=C(Nc1ccccc1)c1ccc(OCc2ccccc2)cc1C(=O)c1ccccc1. The Balaban J connectivity index is 1.64. The van der Waals surface area contributed by atoms with Crippen LogP contribution in [0, 0.1) is 0 Å². The molecule has 0 bridgehead atoms. The Hall–Kier alpha value is -4.18. The van der Waals surface area contributed by atoms with Gasteiger partial charge in [-0.1, -0.05) is 78.9 Å². The van der Waals surface area contributed by atoms with Gasteiger partial charge in [-0.05, 0) is 35.9 Å². The van der Waals surface area contributed by atoms with Crippen LogP contribution in [0.2, 0.25) is 0 Å². The lowest BCUT2D eigenvalue weighted by atomic mass is 9.97. The third-order valence-electron chi connectivity index (χ3n) is 4.80. The molecule has 4 aromatic rings. The molecular weight excluding hydrogens is 386 g/mol.